The Morgan fingerprint density at radius 2 is 2.07 bits per heavy atom. The third kappa shape index (κ3) is 4.07. The minimum atomic E-state index is -0.00640. The number of phenols is 1. The molecule has 1 saturated carbocycles. The van der Waals surface area contributed by atoms with Gasteiger partial charge >= 0.3 is 0 Å². The minimum absolute atomic E-state index is 0.00640. The van der Waals surface area contributed by atoms with Gasteiger partial charge in [0.05, 0.1) is 5.69 Å². The lowest BCUT2D eigenvalue weighted by atomic mass is 10.0. The number of nitrogens with zero attached hydrogens (tertiary/aromatic N) is 3. The van der Waals surface area contributed by atoms with Crippen LogP contribution in [0, 0.1) is 11.8 Å². The van der Waals surface area contributed by atoms with Gasteiger partial charge in [-0.1, -0.05) is 26.0 Å². The highest BCUT2D eigenvalue weighted by molar-refractivity contribution is 5.93. The van der Waals surface area contributed by atoms with Gasteiger partial charge in [-0.05, 0) is 49.3 Å². The third-order valence-electron chi connectivity index (χ3n) is 5.98. The van der Waals surface area contributed by atoms with Gasteiger partial charge in [-0.3, -0.25) is 14.8 Å². The Balaban J connectivity index is 1.50. The third-order valence-corrected chi connectivity index (χ3v) is 5.98. The normalized spacial score (nSPS) is 21.1. The Morgan fingerprint density at radius 3 is 2.79 bits per heavy atom. The topological polar surface area (TPSA) is 72.5 Å². The molecule has 1 amide bonds. The van der Waals surface area contributed by atoms with Gasteiger partial charge in [-0.15, -0.1) is 0 Å². The monoisotopic (exact) mass is 382 g/mol. The Morgan fingerprint density at radius 1 is 1.29 bits per heavy atom. The summed E-state index contributed by atoms with van der Waals surface area (Å²) in [7, 11) is 0. The number of para-hydroxylation sites is 1. The summed E-state index contributed by atoms with van der Waals surface area (Å²) in [5.41, 5.74) is 1.70. The quantitative estimate of drug-likeness (QED) is 0.832. The predicted molar refractivity (Wildman–Crippen MR) is 109 cm³/mol. The number of aromatic amines is 1. The molecule has 0 unspecified atom stereocenters. The molecule has 0 spiro atoms. The van der Waals surface area contributed by atoms with Crippen LogP contribution >= 0.6 is 0 Å². The Bertz CT molecular complexity index is 827. The summed E-state index contributed by atoms with van der Waals surface area (Å²) < 4.78 is 0. The first-order valence-electron chi connectivity index (χ1n) is 10.4. The maximum Gasteiger partial charge on any atom is 0.271 e. The number of benzene rings is 1. The smallest absolute Gasteiger partial charge is 0.271 e. The first kappa shape index (κ1) is 19.0. The average Bonchev–Trinajstić information content (AvgIpc) is 3.41. The van der Waals surface area contributed by atoms with Crippen LogP contribution in [0.4, 0.5) is 0 Å². The van der Waals surface area contributed by atoms with E-state index >= 15 is 0 Å². The van der Waals surface area contributed by atoms with Gasteiger partial charge in [0.15, 0.2) is 0 Å². The zero-order valence-corrected chi connectivity index (χ0v) is 16.8. The van der Waals surface area contributed by atoms with Crippen LogP contribution in [-0.2, 0) is 0 Å². The number of amides is 1. The number of nitrogens with one attached hydrogen (secondary N) is 1. The summed E-state index contributed by atoms with van der Waals surface area (Å²) in [6, 6.07) is 9.19. The number of aromatic nitrogens is 2. The van der Waals surface area contributed by atoms with E-state index in [9.17, 15) is 9.90 Å². The van der Waals surface area contributed by atoms with E-state index in [1.807, 2.05) is 11.0 Å². The molecule has 1 aliphatic carbocycles. The molecule has 1 atom stereocenters. The summed E-state index contributed by atoms with van der Waals surface area (Å²) in [4.78, 5) is 17.7. The molecule has 150 valence electrons. The van der Waals surface area contributed by atoms with E-state index in [4.69, 9.17) is 0 Å². The van der Waals surface area contributed by atoms with E-state index in [2.05, 4.69) is 28.9 Å². The van der Waals surface area contributed by atoms with E-state index in [-0.39, 0.29) is 11.7 Å². The maximum atomic E-state index is 13.2. The van der Waals surface area contributed by atoms with Crippen molar-refractivity contribution in [2.24, 2.45) is 11.8 Å². The van der Waals surface area contributed by atoms with Gasteiger partial charge in [0.2, 0.25) is 0 Å². The van der Waals surface area contributed by atoms with Gasteiger partial charge in [-0.2, -0.15) is 5.10 Å². The van der Waals surface area contributed by atoms with E-state index in [0.29, 0.717) is 28.9 Å². The zero-order valence-electron chi connectivity index (χ0n) is 16.8. The summed E-state index contributed by atoms with van der Waals surface area (Å²) >= 11 is 0. The van der Waals surface area contributed by atoms with E-state index < -0.39 is 0 Å². The second-order valence-electron chi connectivity index (χ2n) is 8.54. The number of aromatic hydroxyl groups is 1. The van der Waals surface area contributed by atoms with E-state index in [0.717, 1.165) is 32.0 Å². The lowest BCUT2D eigenvalue weighted by Gasteiger charge is -2.34. The fraction of sp³-hybridized carbons (Fsp3) is 0.545. The zero-order chi connectivity index (χ0) is 19.7. The minimum Gasteiger partial charge on any atom is -0.507 e. The lowest BCUT2D eigenvalue weighted by Crippen LogP contribution is -2.46. The van der Waals surface area contributed by atoms with Crippen molar-refractivity contribution in [2.75, 3.05) is 26.2 Å². The highest BCUT2D eigenvalue weighted by Gasteiger charge is 2.33. The molecule has 4 rings (SSSR count). The number of hydrogen-bond donors (Lipinski definition) is 2. The van der Waals surface area contributed by atoms with Crippen molar-refractivity contribution in [1.29, 1.82) is 0 Å². The van der Waals surface area contributed by atoms with E-state index in [1.165, 1.54) is 19.4 Å². The molecule has 1 aromatic carbocycles. The van der Waals surface area contributed by atoms with Crippen LogP contribution in [0.25, 0.3) is 11.3 Å². The van der Waals surface area contributed by atoms with Crippen molar-refractivity contribution in [3.05, 3.63) is 36.0 Å². The first-order chi connectivity index (χ1) is 13.5. The van der Waals surface area contributed by atoms with E-state index in [1.54, 1.807) is 24.3 Å². The molecule has 6 heteroatoms. The molecule has 1 saturated heterocycles. The largest absolute Gasteiger partial charge is 0.507 e. The average molecular weight is 383 g/mol. The van der Waals surface area contributed by atoms with Gasteiger partial charge in [0, 0.05) is 37.8 Å². The second-order valence-corrected chi connectivity index (χ2v) is 8.54. The second kappa shape index (κ2) is 7.95. The molecule has 1 aliphatic heterocycles. The van der Waals surface area contributed by atoms with Crippen molar-refractivity contribution in [2.45, 2.75) is 39.2 Å². The molecule has 0 bridgehead atoms. The highest BCUT2D eigenvalue weighted by Crippen LogP contribution is 2.32. The Hall–Kier alpha value is -2.34. The summed E-state index contributed by atoms with van der Waals surface area (Å²) in [6.45, 7) is 8.28. The Kier molecular flexibility index (Phi) is 5.40. The maximum absolute atomic E-state index is 13.2. The van der Waals surface area contributed by atoms with Crippen molar-refractivity contribution < 1.29 is 9.90 Å². The molecule has 2 aromatic rings. The fourth-order valence-corrected chi connectivity index (χ4v) is 4.17. The Labute approximate surface area is 166 Å². The molecule has 6 nitrogen and oxygen atoms in total. The number of carbonyl (C=O) groups excluding carboxylic acids is 1. The standard InChI is InChI=1S/C22H30N4O2/c1-15(2)20-14-26(11-5-10-25(20)13-16-8-9-16)22(28)19-12-18(23-24-19)17-6-3-4-7-21(17)27/h3-4,6-7,12,15-16,20,27H,5,8-11,13-14H2,1-2H3,(H,23,24)/t20-/m0/s1. The number of rotatable bonds is 5. The van der Waals surface area contributed by atoms with Gasteiger partial charge < -0.3 is 10.0 Å². The lowest BCUT2D eigenvalue weighted by molar-refractivity contribution is 0.0698. The van der Waals surface area contributed by atoms with Crippen LogP contribution < -0.4 is 0 Å². The number of carbonyl (C=O) groups is 1. The van der Waals surface area contributed by atoms with Crippen LogP contribution in [0.3, 0.4) is 0 Å². The van der Waals surface area contributed by atoms with Crippen molar-refractivity contribution in [3.8, 4) is 17.0 Å². The van der Waals surface area contributed by atoms with Crippen LogP contribution in [0.15, 0.2) is 30.3 Å². The van der Waals surface area contributed by atoms with Crippen molar-refractivity contribution in [3.63, 3.8) is 0 Å². The summed E-state index contributed by atoms with van der Waals surface area (Å²) in [5.74, 6) is 1.52. The number of hydrogen-bond acceptors (Lipinski definition) is 4. The first-order valence-corrected chi connectivity index (χ1v) is 10.4. The molecule has 2 N–H and O–H groups in total. The molecule has 1 aromatic heterocycles. The van der Waals surface area contributed by atoms with Crippen LogP contribution in [0.5, 0.6) is 5.75 Å². The fourth-order valence-electron chi connectivity index (χ4n) is 4.17. The molecular formula is C22H30N4O2. The molecule has 0 radical (unpaired) electrons. The van der Waals surface area contributed by atoms with Crippen LogP contribution in [-0.4, -0.2) is 63.2 Å². The molecule has 2 aliphatic rings. The summed E-state index contributed by atoms with van der Waals surface area (Å²) in [5, 5.41) is 17.2. The van der Waals surface area contributed by atoms with Crippen LogP contribution in [0.1, 0.15) is 43.6 Å². The number of phenolic OH excluding ortho intramolecular Hbond substituents is 1. The van der Waals surface area contributed by atoms with Crippen LogP contribution in [0.2, 0.25) is 0 Å². The molecule has 28 heavy (non-hydrogen) atoms. The molecule has 2 heterocycles. The van der Waals surface area contributed by atoms with Gasteiger partial charge in [-0.25, -0.2) is 0 Å². The molecule has 2 fully saturated rings. The molecular weight excluding hydrogens is 352 g/mol. The highest BCUT2D eigenvalue weighted by atomic mass is 16.3. The van der Waals surface area contributed by atoms with Gasteiger partial charge in [0.25, 0.3) is 5.91 Å². The van der Waals surface area contributed by atoms with Gasteiger partial charge in [0.1, 0.15) is 11.4 Å². The SMILES string of the molecule is CC(C)[C@@H]1CN(C(=O)c2cc(-c3ccccc3O)n[nH]2)CCCN1CC1CC1. The summed E-state index contributed by atoms with van der Waals surface area (Å²) in [6.07, 6.45) is 3.71. The van der Waals surface area contributed by atoms with Crippen molar-refractivity contribution >= 4 is 5.91 Å². The number of H-pyrrole nitrogens is 1. The predicted octanol–water partition coefficient (Wildman–Crippen LogP) is 3.36. The van der Waals surface area contributed by atoms with Crippen molar-refractivity contribution in [1.82, 2.24) is 20.0 Å².